The van der Waals surface area contributed by atoms with E-state index < -0.39 is 17.4 Å². The van der Waals surface area contributed by atoms with Gasteiger partial charge in [-0.2, -0.15) is 0 Å². The van der Waals surface area contributed by atoms with Crippen molar-refractivity contribution in [2.75, 3.05) is 13.2 Å². The lowest BCUT2D eigenvalue weighted by Gasteiger charge is -2.33. The van der Waals surface area contributed by atoms with Crippen LogP contribution in [0.3, 0.4) is 0 Å². The molecule has 0 heterocycles. The molecule has 1 aliphatic rings. The van der Waals surface area contributed by atoms with Gasteiger partial charge in [0.15, 0.2) is 18.1 Å². The van der Waals surface area contributed by atoms with E-state index in [1.807, 2.05) is 13.0 Å². The number of benzene rings is 1. The summed E-state index contributed by atoms with van der Waals surface area (Å²) in [6, 6.07) is 7.08. The number of ether oxygens (including phenoxy) is 2. The highest BCUT2D eigenvalue weighted by atomic mass is 16.5. The maximum absolute atomic E-state index is 12.1. The van der Waals surface area contributed by atoms with Gasteiger partial charge in [0, 0.05) is 0 Å². The third-order valence-corrected chi connectivity index (χ3v) is 4.00. The largest absolute Gasteiger partial charge is 0.490 e. The van der Waals surface area contributed by atoms with Gasteiger partial charge in [-0.05, 0) is 31.9 Å². The molecule has 1 saturated carbocycles. The molecule has 1 aliphatic carbocycles. The van der Waals surface area contributed by atoms with E-state index in [1.54, 1.807) is 18.2 Å². The predicted molar refractivity (Wildman–Crippen MR) is 84.7 cm³/mol. The third kappa shape index (κ3) is 4.37. The fraction of sp³-hybridized carbons (Fsp3) is 0.529. The standard InChI is InChI=1S/C17H23NO5/c1-2-22-13-8-4-5-9-14(13)23-12-15(19)18-17(16(20)21)10-6-3-7-11-17/h4-5,8-9H,2-3,6-7,10-12H2,1H3,(H,18,19)(H,20,21). The number of hydrogen-bond acceptors (Lipinski definition) is 4. The van der Waals surface area contributed by atoms with Crippen molar-refractivity contribution in [3.8, 4) is 11.5 Å². The van der Waals surface area contributed by atoms with Crippen LogP contribution in [-0.4, -0.2) is 35.7 Å². The van der Waals surface area contributed by atoms with Crippen LogP contribution in [0, 0.1) is 0 Å². The van der Waals surface area contributed by atoms with Crippen LogP contribution in [0.2, 0.25) is 0 Å². The molecule has 0 atom stereocenters. The van der Waals surface area contributed by atoms with Crippen molar-refractivity contribution < 1.29 is 24.2 Å². The van der Waals surface area contributed by atoms with Crippen LogP contribution in [-0.2, 0) is 9.59 Å². The van der Waals surface area contributed by atoms with Crippen LogP contribution in [0.15, 0.2) is 24.3 Å². The number of rotatable bonds is 7. The van der Waals surface area contributed by atoms with Crippen LogP contribution < -0.4 is 14.8 Å². The number of amides is 1. The predicted octanol–water partition coefficient (Wildman–Crippen LogP) is 2.37. The van der Waals surface area contributed by atoms with E-state index in [-0.39, 0.29) is 6.61 Å². The first-order chi connectivity index (χ1) is 11.1. The van der Waals surface area contributed by atoms with Crippen molar-refractivity contribution in [2.24, 2.45) is 0 Å². The minimum absolute atomic E-state index is 0.237. The molecule has 0 aromatic heterocycles. The highest BCUT2D eigenvalue weighted by molar-refractivity contribution is 5.87. The average Bonchev–Trinajstić information content (AvgIpc) is 2.55. The van der Waals surface area contributed by atoms with Gasteiger partial charge < -0.3 is 19.9 Å². The van der Waals surface area contributed by atoms with Gasteiger partial charge in [0.05, 0.1) is 6.61 Å². The number of hydrogen-bond donors (Lipinski definition) is 2. The van der Waals surface area contributed by atoms with Crippen molar-refractivity contribution in [1.29, 1.82) is 0 Å². The molecule has 0 bridgehead atoms. The van der Waals surface area contributed by atoms with Crippen LogP contribution in [0.5, 0.6) is 11.5 Å². The maximum atomic E-state index is 12.1. The molecule has 6 nitrogen and oxygen atoms in total. The molecular weight excluding hydrogens is 298 g/mol. The van der Waals surface area contributed by atoms with E-state index in [0.717, 1.165) is 19.3 Å². The molecule has 1 fully saturated rings. The highest BCUT2D eigenvalue weighted by Gasteiger charge is 2.40. The van der Waals surface area contributed by atoms with Crippen molar-refractivity contribution in [3.05, 3.63) is 24.3 Å². The first-order valence-corrected chi connectivity index (χ1v) is 7.96. The number of aliphatic carboxylic acids is 1. The molecule has 1 amide bonds. The number of carboxylic acid groups (broad SMARTS) is 1. The number of carboxylic acids is 1. The topological polar surface area (TPSA) is 84.9 Å². The Kier molecular flexibility index (Phi) is 5.84. The second-order valence-electron chi connectivity index (χ2n) is 5.66. The summed E-state index contributed by atoms with van der Waals surface area (Å²) < 4.78 is 10.9. The zero-order valence-electron chi connectivity index (χ0n) is 13.3. The molecule has 1 aromatic rings. The summed E-state index contributed by atoms with van der Waals surface area (Å²) in [5.74, 6) is -0.369. The van der Waals surface area contributed by atoms with Gasteiger partial charge in [0.1, 0.15) is 5.54 Å². The quantitative estimate of drug-likeness (QED) is 0.805. The summed E-state index contributed by atoms with van der Waals surface area (Å²) in [7, 11) is 0. The highest BCUT2D eigenvalue weighted by Crippen LogP contribution is 2.29. The molecule has 126 valence electrons. The minimum atomic E-state index is -1.15. The third-order valence-electron chi connectivity index (χ3n) is 4.00. The summed E-state index contributed by atoms with van der Waals surface area (Å²) in [5, 5.41) is 12.1. The number of carbonyl (C=O) groups is 2. The molecule has 2 N–H and O–H groups in total. The Labute approximate surface area is 135 Å². The molecular formula is C17H23NO5. The first-order valence-electron chi connectivity index (χ1n) is 7.96. The fourth-order valence-electron chi connectivity index (χ4n) is 2.84. The van der Waals surface area contributed by atoms with Gasteiger partial charge in [-0.3, -0.25) is 4.79 Å². The Hall–Kier alpha value is -2.24. The summed E-state index contributed by atoms with van der Waals surface area (Å²) >= 11 is 0. The number of para-hydroxylation sites is 2. The molecule has 1 aromatic carbocycles. The van der Waals surface area contributed by atoms with Gasteiger partial charge in [-0.1, -0.05) is 31.4 Å². The van der Waals surface area contributed by atoms with Crippen molar-refractivity contribution >= 4 is 11.9 Å². The zero-order valence-corrected chi connectivity index (χ0v) is 13.3. The van der Waals surface area contributed by atoms with Gasteiger partial charge in [-0.15, -0.1) is 0 Å². The van der Waals surface area contributed by atoms with E-state index in [1.165, 1.54) is 0 Å². The Balaban J connectivity index is 1.95. The lowest BCUT2D eigenvalue weighted by molar-refractivity contribution is -0.149. The van der Waals surface area contributed by atoms with E-state index in [9.17, 15) is 14.7 Å². The summed E-state index contributed by atoms with van der Waals surface area (Å²) in [4.78, 5) is 23.7. The smallest absolute Gasteiger partial charge is 0.329 e. The van der Waals surface area contributed by atoms with E-state index >= 15 is 0 Å². The second-order valence-corrected chi connectivity index (χ2v) is 5.66. The van der Waals surface area contributed by atoms with Crippen LogP contribution in [0.1, 0.15) is 39.0 Å². The average molecular weight is 321 g/mol. The minimum Gasteiger partial charge on any atom is -0.490 e. The van der Waals surface area contributed by atoms with Gasteiger partial charge in [-0.25, -0.2) is 4.79 Å². The van der Waals surface area contributed by atoms with E-state index in [4.69, 9.17) is 9.47 Å². The molecule has 0 radical (unpaired) electrons. The van der Waals surface area contributed by atoms with Gasteiger partial charge >= 0.3 is 5.97 Å². The molecule has 0 aliphatic heterocycles. The second kappa shape index (κ2) is 7.85. The van der Waals surface area contributed by atoms with Crippen LogP contribution in [0.25, 0.3) is 0 Å². The van der Waals surface area contributed by atoms with Crippen molar-refractivity contribution in [3.63, 3.8) is 0 Å². The van der Waals surface area contributed by atoms with E-state index in [0.29, 0.717) is 30.9 Å². The van der Waals surface area contributed by atoms with Gasteiger partial charge in [0.25, 0.3) is 5.91 Å². The Morgan fingerprint density at radius 3 is 2.30 bits per heavy atom. The summed E-state index contributed by atoms with van der Waals surface area (Å²) in [6.45, 7) is 2.12. The molecule has 6 heteroatoms. The summed E-state index contributed by atoms with van der Waals surface area (Å²) in [6.07, 6.45) is 3.54. The summed E-state index contributed by atoms with van der Waals surface area (Å²) in [5.41, 5.74) is -1.15. The van der Waals surface area contributed by atoms with Gasteiger partial charge in [0.2, 0.25) is 0 Å². The molecule has 0 spiro atoms. The molecule has 2 rings (SSSR count). The van der Waals surface area contributed by atoms with Crippen molar-refractivity contribution in [2.45, 2.75) is 44.6 Å². The SMILES string of the molecule is CCOc1ccccc1OCC(=O)NC1(C(=O)O)CCCCC1. The lowest BCUT2D eigenvalue weighted by atomic mass is 9.81. The lowest BCUT2D eigenvalue weighted by Crippen LogP contribution is -2.56. The Morgan fingerprint density at radius 1 is 1.13 bits per heavy atom. The van der Waals surface area contributed by atoms with Crippen LogP contribution >= 0.6 is 0 Å². The maximum Gasteiger partial charge on any atom is 0.329 e. The number of carbonyl (C=O) groups excluding carboxylic acids is 1. The van der Waals surface area contributed by atoms with E-state index in [2.05, 4.69) is 5.32 Å². The Bertz CT molecular complexity index is 552. The molecule has 0 unspecified atom stereocenters. The number of nitrogens with one attached hydrogen (secondary N) is 1. The first kappa shape index (κ1) is 17.1. The normalized spacial score (nSPS) is 16.4. The fourth-order valence-corrected chi connectivity index (χ4v) is 2.84. The van der Waals surface area contributed by atoms with Crippen molar-refractivity contribution in [1.82, 2.24) is 5.32 Å². The molecule has 0 saturated heterocycles. The monoisotopic (exact) mass is 321 g/mol. The zero-order chi connectivity index (χ0) is 16.7. The Morgan fingerprint density at radius 2 is 1.74 bits per heavy atom. The molecule has 23 heavy (non-hydrogen) atoms. The van der Waals surface area contributed by atoms with Crippen LogP contribution in [0.4, 0.5) is 0 Å².